The molecule has 3 nitrogen and oxygen atoms in total. The molecule has 0 atom stereocenters. The van der Waals surface area contributed by atoms with E-state index in [0.29, 0.717) is 17.3 Å². The summed E-state index contributed by atoms with van der Waals surface area (Å²) in [6.45, 7) is 0. The van der Waals surface area contributed by atoms with Crippen molar-refractivity contribution >= 4 is 11.5 Å². The minimum atomic E-state index is -1.38. The maximum atomic E-state index is 13.6. The largest absolute Gasteiger partial charge is 0.327 e. The summed E-state index contributed by atoms with van der Waals surface area (Å²) in [6, 6.07) is 8.63. The summed E-state index contributed by atoms with van der Waals surface area (Å²) < 4.78 is 39.4. The van der Waals surface area contributed by atoms with E-state index in [1.807, 2.05) is 6.07 Å². The summed E-state index contributed by atoms with van der Waals surface area (Å²) in [6.07, 6.45) is 0. The van der Waals surface area contributed by atoms with E-state index >= 15 is 0 Å². The Kier molecular flexibility index (Phi) is 3.38. The number of aromatic nitrogens is 1. The van der Waals surface area contributed by atoms with Crippen molar-refractivity contribution in [2.75, 3.05) is 11.9 Å². The molecule has 96 valence electrons. The maximum absolute atomic E-state index is 13.6. The molecule has 0 bridgehead atoms. The molecule has 2 rings (SSSR count). The lowest BCUT2D eigenvalue weighted by Gasteiger charge is -2.19. The number of halogens is 3. The Bertz CT molecular complexity index is 665. The van der Waals surface area contributed by atoms with Crippen molar-refractivity contribution in [2.24, 2.45) is 0 Å². The Balaban J connectivity index is 2.47. The van der Waals surface area contributed by atoms with Crippen molar-refractivity contribution in [2.45, 2.75) is 0 Å². The molecule has 1 heterocycles. The first-order chi connectivity index (χ1) is 9.02. The van der Waals surface area contributed by atoms with Gasteiger partial charge in [0.25, 0.3) is 5.95 Å². The molecule has 0 spiro atoms. The number of nitriles is 1. The lowest BCUT2D eigenvalue weighted by atomic mass is 10.2. The minimum absolute atomic E-state index is 0.353. The van der Waals surface area contributed by atoms with Crippen LogP contribution in [0, 0.1) is 28.9 Å². The quantitative estimate of drug-likeness (QED) is 0.781. The van der Waals surface area contributed by atoms with Gasteiger partial charge in [0.1, 0.15) is 0 Å². The Morgan fingerprint density at radius 1 is 1.16 bits per heavy atom. The van der Waals surface area contributed by atoms with Crippen molar-refractivity contribution in [3.05, 3.63) is 53.5 Å². The number of hydrogen-bond donors (Lipinski definition) is 0. The van der Waals surface area contributed by atoms with Crippen LogP contribution in [0.5, 0.6) is 0 Å². The van der Waals surface area contributed by atoms with Crippen LogP contribution in [0.3, 0.4) is 0 Å². The SMILES string of the molecule is CN(c1cccc(C#N)c1)c1nc(F)c(F)cc1F. The molecule has 0 radical (unpaired) electrons. The predicted octanol–water partition coefficient (Wildman–Crippen LogP) is 3.14. The molecule has 0 unspecified atom stereocenters. The van der Waals surface area contributed by atoms with Gasteiger partial charge in [0.2, 0.25) is 0 Å². The van der Waals surface area contributed by atoms with Gasteiger partial charge >= 0.3 is 0 Å². The summed E-state index contributed by atoms with van der Waals surface area (Å²) in [7, 11) is 1.44. The number of anilines is 2. The smallest absolute Gasteiger partial charge is 0.251 e. The molecule has 19 heavy (non-hydrogen) atoms. The van der Waals surface area contributed by atoms with Crippen molar-refractivity contribution in [3.8, 4) is 6.07 Å². The van der Waals surface area contributed by atoms with Crippen LogP contribution >= 0.6 is 0 Å². The van der Waals surface area contributed by atoms with E-state index < -0.39 is 17.6 Å². The molecule has 0 fully saturated rings. The first-order valence-electron chi connectivity index (χ1n) is 5.28. The first-order valence-corrected chi connectivity index (χ1v) is 5.28. The monoisotopic (exact) mass is 263 g/mol. The molecule has 0 aliphatic heterocycles. The van der Waals surface area contributed by atoms with Crippen LogP contribution in [0.4, 0.5) is 24.7 Å². The highest BCUT2D eigenvalue weighted by Crippen LogP contribution is 2.25. The van der Waals surface area contributed by atoms with Crippen molar-refractivity contribution in [1.29, 1.82) is 5.26 Å². The zero-order valence-electron chi connectivity index (χ0n) is 9.86. The zero-order valence-corrected chi connectivity index (χ0v) is 9.86. The van der Waals surface area contributed by atoms with Crippen molar-refractivity contribution in [1.82, 2.24) is 4.98 Å². The Morgan fingerprint density at radius 3 is 2.58 bits per heavy atom. The molecular weight excluding hydrogens is 255 g/mol. The van der Waals surface area contributed by atoms with Crippen molar-refractivity contribution in [3.63, 3.8) is 0 Å². The topological polar surface area (TPSA) is 39.9 Å². The van der Waals surface area contributed by atoms with Crippen LogP contribution in [0.25, 0.3) is 0 Å². The Morgan fingerprint density at radius 2 is 1.89 bits per heavy atom. The van der Waals surface area contributed by atoms with Gasteiger partial charge in [0.05, 0.1) is 11.6 Å². The Hall–Kier alpha value is -2.55. The molecule has 0 aliphatic carbocycles. The number of rotatable bonds is 2. The van der Waals surface area contributed by atoms with Crippen LogP contribution in [0.2, 0.25) is 0 Å². The minimum Gasteiger partial charge on any atom is -0.327 e. The molecule has 6 heteroatoms. The summed E-state index contributed by atoms with van der Waals surface area (Å²) >= 11 is 0. The van der Waals surface area contributed by atoms with Gasteiger partial charge in [-0.25, -0.2) is 8.78 Å². The third-order valence-corrected chi connectivity index (χ3v) is 2.55. The normalized spacial score (nSPS) is 10.1. The Labute approximate surface area is 107 Å². The van der Waals surface area contributed by atoms with Gasteiger partial charge in [-0.15, -0.1) is 0 Å². The van der Waals surface area contributed by atoms with Crippen LogP contribution < -0.4 is 4.90 Å². The second kappa shape index (κ2) is 4.98. The highest BCUT2D eigenvalue weighted by atomic mass is 19.2. The lowest BCUT2D eigenvalue weighted by Crippen LogP contribution is -2.14. The van der Waals surface area contributed by atoms with Crippen LogP contribution in [0.1, 0.15) is 5.56 Å². The van der Waals surface area contributed by atoms with E-state index in [9.17, 15) is 13.2 Å². The molecule has 1 aromatic heterocycles. The third-order valence-electron chi connectivity index (χ3n) is 2.55. The van der Waals surface area contributed by atoms with Gasteiger partial charge in [-0.05, 0) is 18.2 Å². The zero-order chi connectivity index (χ0) is 14.0. The summed E-state index contributed by atoms with van der Waals surface area (Å²) in [5.41, 5.74) is 0.809. The average Bonchev–Trinajstić information content (AvgIpc) is 2.42. The third kappa shape index (κ3) is 2.50. The lowest BCUT2D eigenvalue weighted by molar-refractivity contribution is 0.465. The fourth-order valence-electron chi connectivity index (χ4n) is 1.58. The van der Waals surface area contributed by atoms with Crippen LogP contribution in [-0.2, 0) is 0 Å². The number of nitrogens with zero attached hydrogens (tertiary/aromatic N) is 3. The highest BCUT2D eigenvalue weighted by Gasteiger charge is 2.16. The number of benzene rings is 1. The predicted molar refractivity (Wildman–Crippen MR) is 63.3 cm³/mol. The van der Waals surface area contributed by atoms with Gasteiger partial charge in [0, 0.05) is 18.8 Å². The van der Waals surface area contributed by atoms with E-state index in [1.165, 1.54) is 18.0 Å². The van der Waals surface area contributed by atoms with Crippen molar-refractivity contribution < 1.29 is 13.2 Å². The van der Waals surface area contributed by atoms with Gasteiger partial charge < -0.3 is 4.90 Å². The molecule has 0 amide bonds. The van der Waals surface area contributed by atoms with Gasteiger partial charge in [-0.1, -0.05) is 6.07 Å². The van der Waals surface area contributed by atoms with E-state index in [1.54, 1.807) is 18.2 Å². The molecule has 0 saturated heterocycles. The van der Waals surface area contributed by atoms with Gasteiger partial charge in [-0.3, -0.25) is 0 Å². The van der Waals surface area contributed by atoms with E-state index in [4.69, 9.17) is 5.26 Å². The number of hydrogen-bond acceptors (Lipinski definition) is 3. The molecule has 0 aliphatic rings. The fraction of sp³-hybridized carbons (Fsp3) is 0.0769. The van der Waals surface area contributed by atoms with Crippen LogP contribution in [-0.4, -0.2) is 12.0 Å². The standard InChI is InChI=1S/C13H8F3N3/c1-19(9-4-2-3-8(5-9)7-17)13-11(15)6-10(14)12(16)18-13/h2-6H,1H3. The first kappa shape index (κ1) is 12.9. The second-order valence-corrected chi connectivity index (χ2v) is 3.79. The van der Waals surface area contributed by atoms with Gasteiger partial charge in [0.15, 0.2) is 17.5 Å². The van der Waals surface area contributed by atoms with Crippen LogP contribution in [0.15, 0.2) is 30.3 Å². The maximum Gasteiger partial charge on any atom is 0.251 e. The van der Waals surface area contributed by atoms with Gasteiger partial charge in [-0.2, -0.15) is 14.6 Å². The summed E-state index contributed by atoms with van der Waals surface area (Å²) in [5.74, 6) is -4.06. The number of pyridine rings is 1. The fourth-order valence-corrected chi connectivity index (χ4v) is 1.58. The van der Waals surface area contributed by atoms with E-state index in [2.05, 4.69) is 4.98 Å². The summed E-state index contributed by atoms with van der Waals surface area (Å²) in [4.78, 5) is 4.47. The molecule has 0 N–H and O–H groups in total. The molecule has 0 saturated carbocycles. The van der Waals surface area contributed by atoms with E-state index in [-0.39, 0.29) is 5.82 Å². The van der Waals surface area contributed by atoms with E-state index in [0.717, 1.165) is 0 Å². The second-order valence-electron chi connectivity index (χ2n) is 3.79. The average molecular weight is 263 g/mol. The molecular formula is C13H8F3N3. The molecule has 2 aromatic rings. The highest BCUT2D eigenvalue weighted by molar-refractivity contribution is 5.61. The summed E-state index contributed by atoms with van der Waals surface area (Å²) in [5, 5.41) is 8.78. The molecule has 1 aromatic carbocycles.